The first kappa shape index (κ1) is 13.2. The molecule has 1 fully saturated rings. The topological polar surface area (TPSA) is 38.1 Å². The number of amides is 1. The van der Waals surface area contributed by atoms with Crippen molar-refractivity contribution in [3.05, 3.63) is 53.6 Å². The Morgan fingerprint density at radius 1 is 1.35 bits per heavy atom. The molecule has 1 aromatic carbocycles. The zero-order valence-electron chi connectivity index (χ0n) is 11.1. The first-order valence-corrected chi connectivity index (χ1v) is 7.15. The Balaban J connectivity index is 1.77. The Labute approximate surface area is 123 Å². The van der Waals surface area contributed by atoms with Gasteiger partial charge in [-0.05, 0) is 25.0 Å². The molecule has 1 saturated heterocycles. The van der Waals surface area contributed by atoms with Crippen LogP contribution in [0, 0.1) is 0 Å². The van der Waals surface area contributed by atoms with Gasteiger partial charge in [-0.15, -0.1) is 0 Å². The van der Waals surface area contributed by atoms with Crippen LogP contribution >= 0.6 is 11.6 Å². The number of rotatable bonds is 2. The predicted octanol–water partition coefficient (Wildman–Crippen LogP) is 3.01. The Hall–Kier alpha value is -1.81. The van der Waals surface area contributed by atoms with Crippen LogP contribution in [0.15, 0.2) is 43.0 Å². The van der Waals surface area contributed by atoms with Crippen LogP contribution in [-0.2, 0) is 0 Å². The number of benzene rings is 1. The third-order valence-electron chi connectivity index (χ3n) is 3.73. The minimum atomic E-state index is 0.0143. The second-order valence-corrected chi connectivity index (χ2v) is 5.44. The SMILES string of the molecule is O=C(c1ccccc1Cl)N1CCCC(n2ccnc2)C1. The van der Waals surface area contributed by atoms with Crippen LogP contribution in [0.4, 0.5) is 0 Å². The van der Waals surface area contributed by atoms with Gasteiger partial charge in [-0.2, -0.15) is 0 Å². The van der Waals surface area contributed by atoms with Gasteiger partial charge < -0.3 is 9.47 Å². The number of likely N-dealkylation sites (tertiary alicyclic amines) is 1. The number of piperidine rings is 1. The molecule has 4 nitrogen and oxygen atoms in total. The van der Waals surface area contributed by atoms with E-state index in [0.29, 0.717) is 23.2 Å². The lowest BCUT2D eigenvalue weighted by Gasteiger charge is -2.33. The molecule has 0 aliphatic carbocycles. The highest BCUT2D eigenvalue weighted by molar-refractivity contribution is 6.33. The Morgan fingerprint density at radius 2 is 2.20 bits per heavy atom. The summed E-state index contributed by atoms with van der Waals surface area (Å²) in [4.78, 5) is 18.5. The predicted molar refractivity (Wildman–Crippen MR) is 77.9 cm³/mol. The number of halogens is 1. The van der Waals surface area contributed by atoms with Gasteiger partial charge in [-0.25, -0.2) is 4.98 Å². The van der Waals surface area contributed by atoms with Gasteiger partial charge in [0.25, 0.3) is 5.91 Å². The van der Waals surface area contributed by atoms with Crippen LogP contribution in [0.2, 0.25) is 5.02 Å². The van der Waals surface area contributed by atoms with E-state index in [2.05, 4.69) is 9.55 Å². The lowest BCUT2D eigenvalue weighted by molar-refractivity contribution is 0.0679. The molecule has 0 radical (unpaired) electrons. The van der Waals surface area contributed by atoms with Crippen molar-refractivity contribution in [3.8, 4) is 0 Å². The van der Waals surface area contributed by atoms with Crippen LogP contribution < -0.4 is 0 Å². The van der Waals surface area contributed by atoms with Crippen molar-refractivity contribution in [1.29, 1.82) is 0 Å². The van der Waals surface area contributed by atoms with E-state index in [4.69, 9.17) is 11.6 Å². The van der Waals surface area contributed by atoms with Crippen molar-refractivity contribution >= 4 is 17.5 Å². The Kier molecular flexibility index (Phi) is 3.74. The molecule has 1 amide bonds. The highest BCUT2D eigenvalue weighted by Crippen LogP contribution is 2.24. The van der Waals surface area contributed by atoms with Crippen LogP contribution in [0.1, 0.15) is 29.2 Å². The molecule has 2 aromatic rings. The molecule has 0 bridgehead atoms. The van der Waals surface area contributed by atoms with E-state index in [0.717, 1.165) is 19.4 Å². The van der Waals surface area contributed by atoms with Crippen molar-refractivity contribution in [2.75, 3.05) is 13.1 Å². The van der Waals surface area contributed by atoms with Gasteiger partial charge in [0.05, 0.1) is 23.0 Å². The van der Waals surface area contributed by atoms with E-state index < -0.39 is 0 Å². The second kappa shape index (κ2) is 5.67. The first-order chi connectivity index (χ1) is 9.75. The summed E-state index contributed by atoms with van der Waals surface area (Å²) in [6.45, 7) is 1.50. The van der Waals surface area contributed by atoms with Gasteiger partial charge in [0, 0.05) is 25.5 Å². The van der Waals surface area contributed by atoms with Crippen molar-refractivity contribution in [2.24, 2.45) is 0 Å². The molecule has 1 aliphatic heterocycles. The standard InChI is InChI=1S/C15H16ClN3O/c16-14-6-2-1-5-13(14)15(20)18-8-3-4-12(10-18)19-9-7-17-11-19/h1-2,5-7,9,11-12H,3-4,8,10H2. The zero-order valence-corrected chi connectivity index (χ0v) is 11.8. The zero-order chi connectivity index (χ0) is 13.9. The average molecular weight is 290 g/mol. The summed E-state index contributed by atoms with van der Waals surface area (Å²) >= 11 is 6.11. The maximum absolute atomic E-state index is 12.6. The van der Waals surface area contributed by atoms with Gasteiger partial charge in [-0.3, -0.25) is 4.79 Å². The smallest absolute Gasteiger partial charge is 0.255 e. The molecule has 1 aromatic heterocycles. The van der Waals surface area contributed by atoms with Crippen molar-refractivity contribution < 1.29 is 4.79 Å². The summed E-state index contributed by atoms with van der Waals surface area (Å²) in [7, 11) is 0. The number of carbonyl (C=O) groups is 1. The maximum atomic E-state index is 12.6. The summed E-state index contributed by atoms with van der Waals surface area (Å²) < 4.78 is 2.08. The van der Waals surface area contributed by atoms with Crippen molar-refractivity contribution in [3.63, 3.8) is 0 Å². The van der Waals surface area contributed by atoms with Gasteiger partial charge in [0.15, 0.2) is 0 Å². The molecular weight excluding hydrogens is 274 g/mol. The van der Waals surface area contributed by atoms with E-state index >= 15 is 0 Å². The largest absolute Gasteiger partial charge is 0.337 e. The molecule has 2 heterocycles. The van der Waals surface area contributed by atoms with Crippen LogP contribution in [0.5, 0.6) is 0 Å². The van der Waals surface area contributed by atoms with E-state index in [1.165, 1.54) is 0 Å². The number of imidazole rings is 1. The molecular formula is C15H16ClN3O. The summed E-state index contributed by atoms with van der Waals surface area (Å²) in [6.07, 6.45) is 7.61. The first-order valence-electron chi connectivity index (χ1n) is 6.77. The highest BCUT2D eigenvalue weighted by atomic mass is 35.5. The van der Waals surface area contributed by atoms with Crippen molar-refractivity contribution in [1.82, 2.24) is 14.5 Å². The summed E-state index contributed by atoms with van der Waals surface area (Å²) in [5.41, 5.74) is 0.584. The molecule has 1 unspecified atom stereocenters. The third kappa shape index (κ3) is 2.56. The van der Waals surface area contributed by atoms with Crippen LogP contribution in [-0.4, -0.2) is 33.4 Å². The fraction of sp³-hybridized carbons (Fsp3) is 0.333. The fourth-order valence-corrected chi connectivity index (χ4v) is 2.89. The monoisotopic (exact) mass is 289 g/mol. The van der Waals surface area contributed by atoms with Gasteiger partial charge in [-0.1, -0.05) is 23.7 Å². The molecule has 3 rings (SSSR count). The normalized spacial score (nSPS) is 19.1. The molecule has 0 N–H and O–H groups in total. The number of hydrogen-bond acceptors (Lipinski definition) is 2. The third-order valence-corrected chi connectivity index (χ3v) is 4.06. The molecule has 1 atom stereocenters. The fourth-order valence-electron chi connectivity index (χ4n) is 2.67. The average Bonchev–Trinajstić information content (AvgIpc) is 3.01. The Bertz CT molecular complexity index is 597. The van der Waals surface area contributed by atoms with Crippen LogP contribution in [0.3, 0.4) is 0 Å². The minimum Gasteiger partial charge on any atom is -0.337 e. The minimum absolute atomic E-state index is 0.0143. The molecule has 104 valence electrons. The summed E-state index contributed by atoms with van der Waals surface area (Å²) in [5.74, 6) is 0.0143. The molecule has 5 heteroatoms. The van der Waals surface area contributed by atoms with Crippen LogP contribution in [0.25, 0.3) is 0 Å². The molecule has 0 spiro atoms. The summed E-state index contributed by atoms with van der Waals surface area (Å²) in [5, 5.41) is 0.516. The van der Waals surface area contributed by atoms with Gasteiger partial charge >= 0.3 is 0 Å². The van der Waals surface area contributed by atoms with E-state index in [1.54, 1.807) is 18.3 Å². The molecule has 20 heavy (non-hydrogen) atoms. The number of nitrogens with zero attached hydrogens (tertiary/aromatic N) is 3. The maximum Gasteiger partial charge on any atom is 0.255 e. The Morgan fingerprint density at radius 3 is 2.95 bits per heavy atom. The van der Waals surface area contributed by atoms with E-state index in [1.807, 2.05) is 29.6 Å². The van der Waals surface area contributed by atoms with Crippen molar-refractivity contribution in [2.45, 2.75) is 18.9 Å². The number of aromatic nitrogens is 2. The summed E-state index contributed by atoms with van der Waals surface area (Å²) in [6, 6.07) is 7.52. The van der Waals surface area contributed by atoms with E-state index in [-0.39, 0.29) is 5.91 Å². The van der Waals surface area contributed by atoms with Gasteiger partial charge in [0.1, 0.15) is 0 Å². The lowest BCUT2D eigenvalue weighted by Crippen LogP contribution is -2.40. The highest BCUT2D eigenvalue weighted by Gasteiger charge is 2.26. The second-order valence-electron chi connectivity index (χ2n) is 5.04. The molecule has 0 saturated carbocycles. The van der Waals surface area contributed by atoms with E-state index in [9.17, 15) is 4.79 Å². The lowest BCUT2D eigenvalue weighted by atomic mass is 10.0. The number of hydrogen-bond donors (Lipinski definition) is 0. The van der Waals surface area contributed by atoms with Gasteiger partial charge in [0.2, 0.25) is 0 Å². The number of carbonyl (C=O) groups excluding carboxylic acids is 1. The molecule has 1 aliphatic rings. The quantitative estimate of drug-likeness (QED) is 0.852.